The molecule has 7 nitrogen and oxygen atoms in total. The minimum absolute atomic E-state index is 0.0256. The largest absolute Gasteiger partial charge is 0.472 e. The van der Waals surface area contributed by atoms with Crippen molar-refractivity contribution in [2.75, 3.05) is 6.44 Å². The van der Waals surface area contributed by atoms with Crippen LogP contribution in [0.4, 0.5) is 0 Å². The molecule has 1 aromatic heterocycles. The molecule has 8 heteroatoms. The van der Waals surface area contributed by atoms with Crippen LogP contribution in [-0.4, -0.2) is 40.4 Å². The van der Waals surface area contributed by atoms with E-state index in [1.54, 1.807) is 18.3 Å². The Morgan fingerprint density at radius 3 is 2.68 bits per heavy atom. The number of hydrogen-bond donors (Lipinski definition) is 4. The summed E-state index contributed by atoms with van der Waals surface area (Å²) in [5.74, 6) is -0.735. The van der Waals surface area contributed by atoms with Crippen molar-refractivity contribution in [3.63, 3.8) is 0 Å². The van der Waals surface area contributed by atoms with Crippen molar-refractivity contribution in [1.82, 2.24) is 15.6 Å². The molecule has 0 bridgehead atoms. The van der Waals surface area contributed by atoms with Crippen LogP contribution in [0.3, 0.4) is 0 Å². The first-order chi connectivity index (χ1) is 12.0. The number of rotatable bonds is 7. The third kappa shape index (κ3) is 6.02. The molecule has 130 valence electrons. The Kier molecular flexibility index (Phi) is 6.67. The lowest BCUT2D eigenvalue weighted by Crippen LogP contribution is -2.38. The zero-order valence-electron chi connectivity index (χ0n) is 13.8. The van der Waals surface area contributed by atoms with Crippen LogP contribution in [0.1, 0.15) is 33.9 Å². The first kappa shape index (κ1) is 18.6. The molecule has 2 amide bonds. The summed E-state index contributed by atoms with van der Waals surface area (Å²) in [6, 6.07) is 10.2. The number of aromatic nitrogens is 1. The molecule has 1 unspecified atom stereocenters. The smallest absolute Gasteiger partial charge is 0.426 e. The molecule has 1 aromatic carbocycles. The Morgan fingerprint density at radius 1 is 1.24 bits per heavy atom. The fourth-order valence-electron chi connectivity index (χ4n) is 2.34. The molecule has 4 N–H and O–H groups in total. The number of benzene rings is 1. The Labute approximate surface area is 146 Å². The van der Waals surface area contributed by atoms with Crippen LogP contribution in [0.25, 0.3) is 0 Å². The average molecular weight is 341 g/mol. The van der Waals surface area contributed by atoms with E-state index in [1.807, 2.05) is 31.2 Å². The predicted octanol–water partition coefficient (Wildman–Crippen LogP) is 0.379. The molecule has 1 heterocycles. The van der Waals surface area contributed by atoms with Gasteiger partial charge < -0.3 is 20.7 Å². The lowest BCUT2D eigenvalue weighted by Gasteiger charge is -2.19. The molecule has 1 atom stereocenters. The molecule has 25 heavy (non-hydrogen) atoms. The van der Waals surface area contributed by atoms with E-state index in [4.69, 9.17) is 10.0 Å². The summed E-state index contributed by atoms with van der Waals surface area (Å²) in [7, 11) is -1.62. The third-order valence-electron chi connectivity index (χ3n) is 3.54. The van der Waals surface area contributed by atoms with Crippen LogP contribution < -0.4 is 10.6 Å². The van der Waals surface area contributed by atoms with E-state index < -0.39 is 19.1 Å². The number of aryl methyl sites for hydroxylation is 1. The molecular formula is C17H20BN3O4. The van der Waals surface area contributed by atoms with Gasteiger partial charge in [0.05, 0.1) is 24.5 Å². The standard InChI is InChI=1S/C17H20BN3O4/c1-12-4-2-5-13(8-12)15(9-16(22)20-11-18(24)25)21-17(23)14-6-3-7-19-10-14/h2-8,10,15,24-25H,9,11H2,1H3,(H,20,22)(H,21,23). The van der Waals surface area contributed by atoms with E-state index in [-0.39, 0.29) is 18.8 Å². The Hall–Kier alpha value is -2.71. The number of nitrogens with one attached hydrogen (secondary N) is 2. The molecule has 0 saturated carbocycles. The Balaban J connectivity index is 2.14. The Morgan fingerprint density at radius 2 is 2.04 bits per heavy atom. The number of nitrogens with zero attached hydrogens (tertiary/aromatic N) is 1. The van der Waals surface area contributed by atoms with E-state index in [9.17, 15) is 9.59 Å². The van der Waals surface area contributed by atoms with Gasteiger partial charge in [0.2, 0.25) is 5.91 Å². The second-order valence-corrected chi connectivity index (χ2v) is 5.67. The summed E-state index contributed by atoms with van der Waals surface area (Å²) < 4.78 is 0. The normalized spacial score (nSPS) is 11.5. The molecule has 0 radical (unpaired) electrons. The van der Waals surface area contributed by atoms with E-state index in [0.717, 1.165) is 11.1 Å². The predicted molar refractivity (Wildman–Crippen MR) is 93.4 cm³/mol. The van der Waals surface area contributed by atoms with Crippen molar-refractivity contribution in [3.05, 3.63) is 65.5 Å². The highest BCUT2D eigenvalue weighted by Gasteiger charge is 2.20. The maximum Gasteiger partial charge on any atom is 0.472 e. The van der Waals surface area contributed by atoms with E-state index >= 15 is 0 Å². The van der Waals surface area contributed by atoms with Gasteiger partial charge in [-0.3, -0.25) is 14.6 Å². The van der Waals surface area contributed by atoms with Gasteiger partial charge in [-0.25, -0.2) is 0 Å². The molecule has 0 aliphatic carbocycles. The first-order valence-corrected chi connectivity index (χ1v) is 7.86. The van der Waals surface area contributed by atoms with Gasteiger partial charge in [-0.15, -0.1) is 0 Å². The lowest BCUT2D eigenvalue weighted by atomic mass is 9.92. The van der Waals surface area contributed by atoms with Gasteiger partial charge in [0, 0.05) is 12.4 Å². The number of pyridine rings is 1. The van der Waals surface area contributed by atoms with Crippen molar-refractivity contribution in [1.29, 1.82) is 0 Å². The van der Waals surface area contributed by atoms with Crippen LogP contribution in [-0.2, 0) is 4.79 Å². The van der Waals surface area contributed by atoms with Gasteiger partial charge in [-0.05, 0) is 24.6 Å². The molecule has 0 aliphatic heterocycles. The topological polar surface area (TPSA) is 112 Å². The summed E-state index contributed by atoms with van der Waals surface area (Å²) in [6.45, 7) is 1.92. The Bertz CT molecular complexity index is 725. The van der Waals surface area contributed by atoms with Gasteiger partial charge in [0.15, 0.2) is 0 Å². The van der Waals surface area contributed by atoms with Gasteiger partial charge in [0.1, 0.15) is 0 Å². The maximum absolute atomic E-state index is 12.4. The van der Waals surface area contributed by atoms with E-state index in [1.165, 1.54) is 6.20 Å². The van der Waals surface area contributed by atoms with Gasteiger partial charge in [-0.2, -0.15) is 0 Å². The molecular weight excluding hydrogens is 321 g/mol. The summed E-state index contributed by atoms with van der Waals surface area (Å²) >= 11 is 0. The van der Waals surface area contributed by atoms with Crippen LogP contribution >= 0.6 is 0 Å². The molecule has 0 aliphatic rings. The van der Waals surface area contributed by atoms with Crippen LogP contribution in [0.5, 0.6) is 0 Å². The van der Waals surface area contributed by atoms with Crippen molar-refractivity contribution in [2.24, 2.45) is 0 Å². The molecule has 0 spiro atoms. The summed E-state index contributed by atoms with van der Waals surface area (Å²) in [5.41, 5.74) is 2.19. The molecule has 2 rings (SSSR count). The number of carbonyl (C=O) groups is 2. The van der Waals surface area contributed by atoms with Gasteiger partial charge >= 0.3 is 7.12 Å². The van der Waals surface area contributed by atoms with E-state index in [0.29, 0.717) is 5.56 Å². The van der Waals surface area contributed by atoms with Gasteiger partial charge in [0.25, 0.3) is 5.91 Å². The minimum Gasteiger partial charge on any atom is -0.426 e. The monoisotopic (exact) mass is 341 g/mol. The van der Waals surface area contributed by atoms with Crippen molar-refractivity contribution in [3.8, 4) is 0 Å². The minimum atomic E-state index is -1.62. The summed E-state index contributed by atoms with van der Waals surface area (Å²) in [4.78, 5) is 28.3. The summed E-state index contributed by atoms with van der Waals surface area (Å²) in [6.07, 6.45) is 2.73. The molecule has 0 fully saturated rings. The highest BCUT2D eigenvalue weighted by atomic mass is 16.4. The van der Waals surface area contributed by atoms with Gasteiger partial charge in [-0.1, -0.05) is 29.8 Å². The molecule has 2 aromatic rings. The SMILES string of the molecule is Cc1cccc(C(CC(=O)NCB(O)O)NC(=O)c2cccnc2)c1. The zero-order chi connectivity index (χ0) is 18.2. The number of amides is 2. The highest BCUT2D eigenvalue weighted by molar-refractivity contribution is 6.41. The van der Waals surface area contributed by atoms with Crippen LogP contribution in [0, 0.1) is 6.92 Å². The summed E-state index contributed by atoms with van der Waals surface area (Å²) in [5, 5.41) is 22.9. The second kappa shape index (κ2) is 8.96. The fourth-order valence-corrected chi connectivity index (χ4v) is 2.34. The van der Waals surface area contributed by atoms with Crippen molar-refractivity contribution >= 4 is 18.9 Å². The van der Waals surface area contributed by atoms with Crippen molar-refractivity contribution in [2.45, 2.75) is 19.4 Å². The van der Waals surface area contributed by atoms with Crippen LogP contribution in [0.15, 0.2) is 48.8 Å². The first-order valence-electron chi connectivity index (χ1n) is 7.86. The van der Waals surface area contributed by atoms with Crippen molar-refractivity contribution < 1.29 is 19.6 Å². The zero-order valence-corrected chi connectivity index (χ0v) is 13.8. The second-order valence-electron chi connectivity index (χ2n) is 5.67. The van der Waals surface area contributed by atoms with E-state index in [2.05, 4.69) is 15.6 Å². The lowest BCUT2D eigenvalue weighted by molar-refractivity contribution is -0.121. The average Bonchev–Trinajstić information content (AvgIpc) is 2.60. The quantitative estimate of drug-likeness (QED) is 0.544. The third-order valence-corrected chi connectivity index (χ3v) is 3.54. The highest BCUT2D eigenvalue weighted by Crippen LogP contribution is 2.19. The van der Waals surface area contributed by atoms with Crippen LogP contribution in [0.2, 0.25) is 0 Å². The fraction of sp³-hybridized carbons (Fsp3) is 0.235. The molecule has 0 saturated heterocycles. The number of carbonyl (C=O) groups excluding carboxylic acids is 2. The number of hydrogen-bond acceptors (Lipinski definition) is 5. The maximum atomic E-state index is 12.4.